The topological polar surface area (TPSA) is 106 Å². The fourth-order valence-corrected chi connectivity index (χ4v) is 3.29. The zero-order valence-corrected chi connectivity index (χ0v) is 12.1. The van der Waals surface area contributed by atoms with E-state index in [2.05, 4.69) is 4.98 Å². The lowest BCUT2D eigenvalue weighted by Gasteiger charge is -2.29. The van der Waals surface area contributed by atoms with Gasteiger partial charge in [0.05, 0.1) is 13.2 Å². The van der Waals surface area contributed by atoms with Crippen LogP contribution in [0.1, 0.15) is 6.92 Å². The van der Waals surface area contributed by atoms with Crippen molar-refractivity contribution in [1.82, 2.24) is 9.55 Å². The molecule has 1 unspecified atom stereocenters. The van der Waals surface area contributed by atoms with Crippen LogP contribution in [0.4, 0.5) is 5.82 Å². The first-order chi connectivity index (χ1) is 9.52. The van der Waals surface area contributed by atoms with Crippen LogP contribution in [0, 0.1) is 0 Å². The van der Waals surface area contributed by atoms with Crippen molar-refractivity contribution in [2.24, 2.45) is 0 Å². The molecule has 1 fully saturated rings. The number of aromatic nitrogens is 2. The number of hydrogen-bond acceptors (Lipinski definition) is 7. The maximum Gasteiger partial charge on any atom is 0.349 e. The first-order valence-corrected chi connectivity index (χ1v) is 8.27. The maximum atomic E-state index is 12.1. The van der Waals surface area contributed by atoms with Gasteiger partial charge in [0, 0.05) is 12.8 Å². The van der Waals surface area contributed by atoms with Gasteiger partial charge in [-0.3, -0.25) is 9.13 Å². The zero-order chi connectivity index (χ0) is 14.6. The predicted molar refractivity (Wildman–Crippen MR) is 72.7 cm³/mol. The van der Waals surface area contributed by atoms with Gasteiger partial charge in [-0.1, -0.05) is 0 Å². The summed E-state index contributed by atoms with van der Waals surface area (Å²) < 4.78 is 29.5. The summed E-state index contributed by atoms with van der Waals surface area (Å²) in [6, 6.07) is 1.53. The van der Waals surface area contributed by atoms with Crippen LogP contribution in [0.5, 0.6) is 0 Å². The highest BCUT2D eigenvalue weighted by Crippen LogP contribution is 2.49. The Kier molecular flexibility index (Phi) is 4.93. The smallest absolute Gasteiger partial charge is 0.349 e. The quantitative estimate of drug-likeness (QED) is 0.788. The Morgan fingerprint density at radius 1 is 1.65 bits per heavy atom. The first kappa shape index (κ1) is 15.2. The normalized spacial score (nSPS) is 26.6. The van der Waals surface area contributed by atoms with Crippen molar-refractivity contribution in [3.63, 3.8) is 0 Å². The number of ether oxygens (including phenoxy) is 2. The second-order valence-electron chi connectivity index (χ2n) is 4.44. The molecule has 112 valence electrons. The van der Waals surface area contributed by atoms with Crippen LogP contribution in [0.2, 0.25) is 0 Å². The van der Waals surface area contributed by atoms with Gasteiger partial charge in [-0.25, -0.2) is 4.79 Å². The standard InChI is InChI=1S/C11H18N3O5P/c1-2-17-7-20(16)8-18-9(6-19-20)5-14-4-3-10(12)13-11(14)15/h3-4,9H,2,5-8H2,1H3,(H2,12,13,15)/t9-,20?/m0/s1. The molecule has 8 nitrogen and oxygen atoms in total. The molecule has 2 atom stereocenters. The van der Waals surface area contributed by atoms with E-state index in [-0.39, 0.29) is 37.8 Å². The summed E-state index contributed by atoms with van der Waals surface area (Å²) in [5.41, 5.74) is 4.96. The van der Waals surface area contributed by atoms with E-state index in [1.54, 1.807) is 6.20 Å². The van der Waals surface area contributed by atoms with E-state index in [1.165, 1.54) is 10.6 Å². The summed E-state index contributed by atoms with van der Waals surface area (Å²) in [4.78, 5) is 15.2. The summed E-state index contributed by atoms with van der Waals surface area (Å²) >= 11 is 0. The van der Waals surface area contributed by atoms with Crippen LogP contribution < -0.4 is 11.4 Å². The van der Waals surface area contributed by atoms with E-state index < -0.39 is 13.1 Å². The van der Waals surface area contributed by atoms with Gasteiger partial charge in [0.1, 0.15) is 24.6 Å². The van der Waals surface area contributed by atoms with E-state index in [0.717, 1.165) is 0 Å². The van der Waals surface area contributed by atoms with Crippen molar-refractivity contribution in [2.75, 3.05) is 31.6 Å². The third-order valence-corrected chi connectivity index (χ3v) is 4.53. The summed E-state index contributed by atoms with van der Waals surface area (Å²) in [6.07, 6.45) is 1.25. The van der Waals surface area contributed by atoms with Crippen molar-refractivity contribution >= 4 is 13.2 Å². The highest BCUT2D eigenvalue weighted by atomic mass is 31.2. The SMILES string of the molecule is CCOCP1(=O)CO[C@@H](Cn2ccc(N)nc2=O)CO1. The van der Waals surface area contributed by atoms with Crippen LogP contribution in [0.3, 0.4) is 0 Å². The van der Waals surface area contributed by atoms with Crippen molar-refractivity contribution in [2.45, 2.75) is 19.6 Å². The Bertz CT molecular complexity index is 549. The van der Waals surface area contributed by atoms with Crippen LogP contribution in [-0.4, -0.2) is 41.6 Å². The number of anilines is 1. The number of nitrogens with two attached hydrogens (primary N) is 1. The molecule has 1 aliphatic heterocycles. The molecular formula is C11H18N3O5P. The fourth-order valence-electron chi connectivity index (χ4n) is 1.73. The minimum atomic E-state index is -2.86. The lowest BCUT2D eigenvalue weighted by atomic mass is 10.3. The molecule has 2 rings (SSSR count). The zero-order valence-electron chi connectivity index (χ0n) is 11.2. The molecule has 1 aromatic rings. The Morgan fingerprint density at radius 2 is 2.45 bits per heavy atom. The molecule has 2 heterocycles. The minimum Gasteiger partial charge on any atom is -0.383 e. The van der Waals surface area contributed by atoms with Crippen LogP contribution in [0.25, 0.3) is 0 Å². The van der Waals surface area contributed by atoms with Gasteiger partial charge in [-0.2, -0.15) is 4.98 Å². The largest absolute Gasteiger partial charge is 0.383 e. The summed E-state index contributed by atoms with van der Waals surface area (Å²) in [5.74, 6) is 0.174. The third kappa shape index (κ3) is 3.89. The summed E-state index contributed by atoms with van der Waals surface area (Å²) in [6.45, 7) is 2.73. The number of hydrogen-bond donors (Lipinski definition) is 1. The molecule has 0 spiro atoms. The molecule has 1 aliphatic rings. The average molecular weight is 303 g/mol. The Morgan fingerprint density at radius 3 is 3.05 bits per heavy atom. The number of rotatable bonds is 5. The minimum absolute atomic E-state index is 0.00514. The molecule has 20 heavy (non-hydrogen) atoms. The Hall–Kier alpha value is -1.21. The molecule has 0 bridgehead atoms. The third-order valence-electron chi connectivity index (χ3n) is 2.79. The molecule has 1 saturated heterocycles. The van der Waals surface area contributed by atoms with Crippen molar-refractivity contribution < 1.29 is 18.6 Å². The Balaban J connectivity index is 1.91. The highest BCUT2D eigenvalue weighted by Gasteiger charge is 2.32. The maximum absolute atomic E-state index is 12.1. The molecule has 0 saturated carbocycles. The molecular weight excluding hydrogens is 285 g/mol. The van der Waals surface area contributed by atoms with Crippen LogP contribution in [0.15, 0.2) is 17.1 Å². The lowest BCUT2D eigenvalue weighted by Crippen LogP contribution is -2.35. The van der Waals surface area contributed by atoms with Gasteiger partial charge >= 0.3 is 5.69 Å². The molecule has 0 amide bonds. The van der Waals surface area contributed by atoms with Crippen LogP contribution >= 0.6 is 7.37 Å². The van der Waals surface area contributed by atoms with Crippen molar-refractivity contribution in [1.29, 1.82) is 0 Å². The van der Waals surface area contributed by atoms with E-state index >= 15 is 0 Å². The second-order valence-corrected chi connectivity index (χ2v) is 6.84. The summed E-state index contributed by atoms with van der Waals surface area (Å²) in [5, 5.41) is 0. The molecule has 0 aromatic carbocycles. The molecule has 9 heteroatoms. The average Bonchev–Trinajstić information content (AvgIpc) is 2.42. The van der Waals surface area contributed by atoms with Gasteiger partial charge < -0.3 is 19.7 Å². The highest BCUT2D eigenvalue weighted by molar-refractivity contribution is 7.58. The van der Waals surface area contributed by atoms with E-state index in [9.17, 15) is 9.36 Å². The number of nitrogen functional groups attached to an aromatic ring is 1. The van der Waals surface area contributed by atoms with Gasteiger partial charge in [-0.05, 0) is 13.0 Å². The first-order valence-electron chi connectivity index (χ1n) is 6.27. The fraction of sp³-hybridized carbons (Fsp3) is 0.636. The van der Waals surface area contributed by atoms with Gasteiger partial charge in [0.15, 0.2) is 0 Å². The molecule has 1 aromatic heterocycles. The molecule has 0 radical (unpaired) electrons. The van der Waals surface area contributed by atoms with Gasteiger partial charge in [0.2, 0.25) is 0 Å². The second kappa shape index (κ2) is 6.49. The predicted octanol–water partition coefficient (Wildman–Crippen LogP) is 0.471. The number of nitrogens with zero attached hydrogens (tertiary/aromatic N) is 2. The molecule has 0 aliphatic carbocycles. The van der Waals surface area contributed by atoms with Crippen LogP contribution in [-0.2, 0) is 25.1 Å². The monoisotopic (exact) mass is 303 g/mol. The van der Waals surface area contributed by atoms with E-state index in [1.807, 2.05) is 6.92 Å². The molecule has 2 N–H and O–H groups in total. The summed E-state index contributed by atoms with van der Waals surface area (Å²) in [7, 11) is -2.86. The van der Waals surface area contributed by atoms with Gasteiger partial charge in [-0.15, -0.1) is 0 Å². The Labute approximate surface area is 116 Å². The van der Waals surface area contributed by atoms with E-state index in [4.69, 9.17) is 19.7 Å². The lowest BCUT2D eigenvalue weighted by molar-refractivity contribution is -0.00211. The van der Waals surface area contributed by atoms with Crippen molar-refractivity contribution in [3.8, 4) is 0 Å². The van der Waals surface area contributed by atoms with E-state index in [0.29, 0.717) is 6.61 Å². The van der Waals surface area contributed by atoms with Gasteiger partial charge in [0.25, 0.3) is 7.37 Å². The van der Waals surface area contributed by atoms with Crippen molar-refractivity contribution in [3.05, 3.63) is 22.7 Å².